The lowest BCUT2D eigenvalue weighted by Crippen LogP contribution is -2.10. The van der Waals surface area contributed by atoms with Gasteiger partial charge in [0.1, 0.15) is 5.58 Å². The van der Waals surface area contributed by atoms with Crippen LogP contribution in [0.1, 0.15) is 0 Å². The Balaban J connectivity index is 1.27. The molecular weight excluding hydrogens is 536 g/mol. The number of anilines is 3. The predicted molar refractivity (Wildman–Crippen MR) is 184 cm³/mol. The molecule has 2 heterocycles. The van der Waals surface area contributed by atoms with E-state index in [-0.39, 0.29) is 0 Å². The van der Waals surface area contributed by atoms with Gasteiger partial charge in [0.05, 0.1) is 23.5 Å². The summed E-state index contributed by atoms with van der Waals surface area (Å²) in [6.45, 7) is 0. The molecule has 0 N–H and O–H groups in total. The van der Waals surface area contributed by atoms with E-state index >= 15 is 0 Å². The molecule has 0 unspecified atom stereocenters. The Bertz CT molecular complexity index is 2490. The van der Waals surface area contributed by atoms with Crippen molar-refractivity contribution in [3.8, 4) is 11.1 Å². The third-order valence-corrected chi connectivity index (χ3v) is 8.72. The number of nitrogens with zero attached hydrogens (tertiary/aromatic N) is 2. The van der Waals surface area contributed by atoms with E-state index in [0.717, 1.165) is 39.0 Å². The quantitative estimate of drug-likeness (QED) is 0.200. The number of fused-ring (bicyclic) bond motifs is 8. The van der Waals surface area contributed by atoms with E-state index in [0.29, 0.717) is 0 Å². The minimum Gasteiger partial charge on any atom is -0.454 e. The van der Waals surface area contributed by atoms with Crippen LogP contribution in [0.5, 0.6) is 0 Å². The molecule has 9 aromatic rings. The summed E-state index contributed by atoms with van der Waals surface area (Å²) in [5.74, 6) is 0. The van der Waals surface area contributed by atoms with Crippen LogP contribution < -0.4 is 4.90 Å². The van der Waals surface area contributed by atoms with Crippen molar-refractivity contribution in [3.63, 3.8) is 0 Å². The van der Waals surface area contributed by atoms with Crippen molar-refractivity contribution in [1.82, 2.24) is 4.98 Å². The lowest BCUT2D eigenvalue weighted by Gasteiger charge is -2.26. The molecule has 44 heavy (non-hydrogen) atoms. The van der Waals surface area contributed by atoms with E-state index in [2.05, 4.69) is 137 Å². The first kappa shape index (κ1) is 24.6. The number of aromatic nitrogens is 1. The molecule has 0 amide bonds. The topological polar surface area (TPSA) is 29.3 Å². The van der Waals surface area contributed by atoms with Crippen LogP contribution in [-0.2, 0) is 0 Å². The van der Waals surface area contributed by atoms with E-state index in [1.54, 1.807) is 0 Å². The highest BCUT2D eigenvalue weighted by molar-refractivity contribution is 6.18. The van der Waals surface area contributed by atoms with E-state index in [1.165, 1.54) is 43.4 Å². The summed E-state index contributed by atoms with van der Waals surface area (Å²) in [6.07, 6.45) is 3.76. The fraction of sp³-hybridized carbons (Fsp3) is 0. The molecule has 0 spiro atoms. The van der Waals surface area contributed by atoms with Crippen molar-refractivity contribution in [1.29, 1.82) is 0 Å². The Morgan fingerprint density at radius 3 is 1.91 bits per heavy atom. The van der Waals surface area contributed by atoms with Gasteiger partial charge in [-0.25, -0.2) is 0 Å². The molecule has 0 saturated carbocycles. The van der Waals surface area contributed by atoms with Crippen LogP contribution >= 0.6 is 0 Å². The smallest absolute Gasteiger partial charge is 0.155 e. The highest BCUT2D eigenvalue weighted by Gasteiger charge is 2.20. The van der Waals surface area contributed by atoms with Crippen LogP contribution in [0.15, 0.2) is 162 Å². The number of hydrogen-bond donors (Lipinski definition) is 0. The lowest BCUT2D eigenvalue weighted by molar-refractivity contribution is 0.667. The molecule has 0 radical (unpaired) electrons. The average Bonchev–Trinajstić information content (AvgIpc) is 3.48. The summed E-state index contributed by atoms with van der Waals surface area (Å²) in [6, 6.07) is 51.8. The Morgan fingerprint density at radius 2 is 1.07 bits per heavy atom. The van der Waals surface area contributed by atoms with Gasteiger partial charge in [-0.3, -0.25) is 4.98 Å². The molecule has 3 nitrogen and oxygen atoms in total. The highest BCUT2D eigenvalue weighted by atomic mass is 16.3. The van der Waals surface area contributed by atoms with Crippen molar-refractivity contribution in [3.05, 3.63) is 158 Å². The zero-order valence-corrected chi connectivity index (χ0v) is 23.8. The maximum atomic E-state index is 6.26. The maximum Gasteiger partial charge on any atom is 0.155 e. The third kappa shape index (κ3) is 3.87. The molecule has 9 rings (SSSR count). The minimum absolute atomic E-state index is 0.772. The van der Waals surface area contributed by atoms with E-state index in [9.17, 15) is 0 Å². The third-order valence-electron chi connectivity index (χ3n) is 8.72. The van der Waals surface area contributed by atoms with Gasteiger partial charge in [-0.2, -0.15) is 0 Å². The molecule has 0 aliphatic carbocycles. The van der Waals surface area contributed by atoms with Gasteiger partial charge in [-0.05, 0) is 73.8 Å². The van der Waals surface area contributed by atoms with E-state index in [4.69, 9.17) is 4.42 Å². The molecule has 2 aromatic heterocycles. The van der Waals surface area contributed by atoms with Gasteiger partial charge in [0.2, 0.25) is 0 Å². The van der Waals surface area contributed by atoms with Crippen LogP contribution in [0, 0.1) is 0 Å². The first-order chi connectivity index (χ1) is 21.8. The highest BCUT2D eigenvalue weighted by Crippen LogP contribution is 2.44. The summed E-state index contributed by atoms with van der Waals surface area (Å²) in [5.41, 5.74) is 7.09. The first-order valence-corrected chi connectivity index (χ1v) is 14.9. The predicted octanol–water partition coefficient (Wildman–Crippen LogP) is 11.6. The van der Waals surface area contributed by atoms with Gasteiger partial charge in [0, 0.05) is 16.8 Å². The van der Waals surface area contributed by atoms with E-state index < -0.39 is 0 Å². The standard InChI is InChI=1S/C41H26N2O/c1-2-8-27(9-3-1)28-14-18-31(19-15-28)43(38-25-42-26-40-41(38)37-12-6-7-13-39(37)44-40)32-20-23-34-30(24-32)17-22-35-33-11-5-4-10-29(33)16-21-36(34)35/h1-26H. The summed E-state index contributed by atoms with van der Waals surface area (Å²) in [5, 5.41) is 9.62. The number of rotatable bonds is 4. The molecule has 0 saturated heterocycles. The van der Waals surface area contributed by atoms with Crippen LogP contribution in [0.2, 0.25) is 0 Å². The number of furan rings is 1. The SMILES string of the molecule is c1ccc(-c2ccc(N(c3ccc4c(ccc5c6ccccc6ccc45)c3)c3cncc4oc5ccccc5c34)cc2)cc1. The second kappa shape index (κ2) is 9.82. The maximum absolute atomic E-state index is 6.26. The van der Waals surface area contributed by atoms with Crippen LogP contribution in [0.3, 0.4) is 0 Å². The molecule has 0 aliphatic heterocycles. The van der Waals surface area contributed by atoms with Gasteiger partial charge in [-0.15, -0.1) is 0 Å². The van der Waals surface area contributed by atoms with Crippen LogP contribution in [0.25, 0.3) is 65.4 Å². The second-order valence-corrected chi connectivity index (χ2v) is 11.2. The lowest BCUT2D eigenvalue weighted by atomic mass is 9.96. The average molecular weight is 563 g/mol. The van der Waals surface area contributed by atoms with E-state index in [1.807, 2.05) is 30.6 Å². The zero-order valence-electron chi connectivity index (χ0n) is 23.8. The Hall–Kier alpha value is -5.93. The molecule has 7 aromatic carbocycles. The van der Waals surface area contributed by atoms with Crippen molar-refractivity contribution >= 4 is 71.3 Å². The molecule has 0 aliphatic rings. The molecule has 206 valence electrons. The van der Waals surface area contributed by atoms with Crippen molar-refractivity contribution in [2.24, 2.45) is 0 Å². The Morgan fingerprint density at radius 1 is 0.432 bits per heavy atom. The number of pyridine rings is 1. The molecule has 0 fully saturated rings. The van der Waals surface area contributed by atoms with Gasteiger partial charge in [0.15, 0.2) is 5.58 Å². The van der Waals surface area contributed by atoms with Crippen LogP contribution in [-0.4, -0.2) is 4.98 Å². The van der Waals surface area contributed by atoms with Gasteiger partial charge in [-0.1, -0.05) is 115 Å². The summed E-state index contributed by atoms with van der Waals surface area (Å²) < 4.78 is 6.26. The molecule has 0 bridgehead atoms. The van der Waals surface area contributed by atoms with Gasteiger partial charge < -0.3 is 9.32 Å². The van der Waals surface area contributed by atoms with Crippen molar-refractivity contribution in [2.75, 3.05) is 4.90 Å². The van der Waals surface area contributed by atoms with Crippen LogP contribution in [0.4, 0.5) is 17.1 Å². The first-order valence-electron chi connectivity index (χ1n) is 14.9. The fourth-order valence-corrected chi connectivity index (χ4v) is 6.65. The zero-order chi connectivity index (χ0) is 29.0. The Labute approximate surface area is 254 Å². The number of para-hydroxylation sites is 1. The second-order valence-electron chi connectivity index (χ2n) is 11.2. The normalized spacial score (nSPS) is 11.6. The largest absolute Gasteiger partial charge is 0.454 e. The molecule has 0 atom stereocenters. The number of benzene rings is 7. The van der Waals surface area contributed by atoms with Gasteiger partial charge >= 0.3 is 0 Å². The van der Waals surface area contributed by atoms with Gasteiger partial charge in [0.25, 0.3) is 0 Å². The van der Waals surface area contributed by atoms with Crippen molar-refractivity contribution < 1.29 is 4.42 Å². The van der Waals surface area contributed by atoms with Crippen molar-refractivity contribution in [2.45, 2.75) is 0 Å². The summed E-state index contributed by atoms with van der Waals surface area (Å²) in [7, 11) is 0. The minimum atomic E-state index is 0.772. The molecule has 3 heteroatoms. The Kier molecular flexibility index (Phi) is 5.50. The monoisotopic (exact) mass is 562 g/mol. The summed E-state index contributed by atoms with van der Waals surface area (Å²) >= 11 is 0. The number of hydrogen-bond acceptors (Lipinski definition) is 3. The summed E-state index contributed by atoms with van der Waals surface area (Å²) in [4.78, 5) is 6.94. The fourth-order valence-electron chi connectivity index (χ4n) is 6.65. The molecular formula is C41H26N2O.